The van der Waals surface area contributed by atoms with Crippen molar-refractivity contribution in [1.82, 2.24) is 0 Å². The Morgan fingerprint density at radius 2 is 1.53 bits per heavy atom. The van der Waals surface area contributed by atoms with Crippen molar-refractivity contribution in [2.24, 2.45) is 35.3 Å². The molecule has 0 aliphatic heterocycles. The third kappa shape index (κ3) is 2.53. The quantitative estimate of drug-likeness (QED) is 0.816. The van der Waals surface area contributed by atoms with Crippen molar-refractivity contribution in [3.8, 4) is 0 Å². The summed E-state index contributed by atoms with van der Waals surface area (Å²) in [5, 5.41) is 0. The van der Waals surface area contributed by atoms with E-state index >= 15 is 0 Å². The van der Waals surface area contributed by atoms with Gasteiger partial charge < -0.3 is 10.5 Å². The SMILES string of the molecule is CC(C)(N)COCC1C2CC3CC(C2)CC1C3. The van der Waals surface area contributed by atoms with Crippen molar-refractivity contribution in [3.63, 3.8) is 0 Å². The van der Waals surface area contributed by atoms with Gasteiger partial charge in [0.05, 0.1) is 13.2 Å². The first kappa shape index (κ1) is 12.0. The van der Waals surface area contributed by atoms with Crippen LogP contribution < -0.4 is 5.73 Å². The van der Waals surface area contributed by atoms with Crippen molar-refractivity contribution in [1.29, 1.82) is 0 Å². The Kier molecular flexibility index (Phi) is 2.99. The molecule has 17 heavy (non-hydrogen) atoms. The van der Waals surface area contributed by atoms with Crippen LogP contribution in [0.1, 0.15) is 46.0 Å². The lowest BCUT2D eigenvalue weighted by molar-refractivity contribution is -0.0754. The molecule has 4 saturated carbocycles. The number of nitrogens with two attached hydrogens (primary N) is 1. The molecular weight excluding hydrogens is 210 g/mol. The average molecular weight is 237 g/mol. The van der Waals surface area contributed by atoms with E-state index in [0.29, 0.717) is 6.61 Å². The average Bonchev–Trinajstić information content (AvgIpc) is 2.19. The van der Waals surface area contributed by atoms with Crippen molar-refractivity contribution in [2.75, 3.05) is 13.2 Å². The zero-order chi connectivity index (χ0) is 12.0. The van der Waals surface area contributed by atoms with Gasteiger partial charge in [-0.1, -0.05) is 0 Å². The van der Waals surface area contributed by atoms with Gasteiger partial charge >= 0.3 is 0 Å². The maximum atomic E-state index is 5.97. The van der Waals surface area contributed by atoms with Crippen molar-refractivity contribution >= 4 is 0 Å². The lowest BCUT2D eigenvalue weighted by atomic mass is 9.52. The number of hydrogen-bond acceptors (Lipinski definition) is 2. The highest BCUT2D eigenvalue weighted by Gasteiger charge is 2.48. The van der Waals surface area contributed by atoms with Crippen LogP contribution in [0.3, 0.4) is 0 Å². The van der Waals surface area contributed by atoms with E-state index < -0.39 is 0 Å². The molecule has 0 saturated heterocycles. The van der Waals surface area contributed by atoms with Gasteiger partial charge in [0.2, 0.25) is 0 Å². The van der Waals surface area contributed by atoms with Gasteiger partial charge in [0, 0.05) is 5.54 Å². The summed E-state index contributed by atoms with van der Waals surface area (Å²) >= 11 is 0. The van der Waals surface area contributed by atoms with E-state index in [1.54, 1.807) is 0 Å². The van der Waals surface area contributed by atoms with E-state index in [1.165, 1.54) is 32.1 Å². The molecule has 4 aliphatic rings. The summed E-state index contributed by atoms with van der Waals surface area (Å²) in [5.41, 5.74) is 5.80. The molecule has 0 unspecified atom stereocenters. The van der Waals surface area contributed by atoms with Gasteiger partial charge in [-0.15, -0.1) is 0 Å². The van der Waals surface area contributed by atoms with Crippen LogP contribution in [0.2, 0.25) is 0 Å². The van der Waals surface area contributed by atoms with E-state index in [9.17, 15) is 0 Å². The van der Waals surface area contributed by atoms with Gasteiger partial charge in [-0.2, -0.15) is 0 Å². The Hall–Kier alpha value is -0.0800. The lowest BCUT2D eigenvalue weighted by Crippen LogP contribution is -2.47. The van der Waals surface area contributed by atoms with Crippen LogP contribution >= 0.6 is 0 Å². The monoisotopic (exact) mass is 237 g/mol. The zero-order valence-electron chi connectivity index (χ0n) is 11.3. The Morgan fingerprint density at radius 1 is 1.00 bits per heavy atom. The molecular formula is C15H27NO. The van der Waals surface area contributed by atoms with E-state index in [0.717, 1.165) is 36.2 Å². The number of rotatable bonds is 4. The lowest BCUT2D eigenvalue weighted by Gasteiger charge is -2.54. The molecule has 4 aliphatic carbocycles. The fourth-order valence-electron chi connectivity index (χ4n) is 4.77. The molecule has 2 heteroatoms. The Morgan fingerprint density at radius 3 is 2.00 bits per heavy atom. The molecule has 0 aromatic rings. The highest BCUT2D eigenvalue weighted by molar-refractivity contribution is 4.98. The first-order valence-electron chi connectivity index (χ1n) is 7.38. The van der Waals surface area contributed by atoms with Crippen molar-refractivity contribution in [2.45, 2.75) is 51.5 Å². The molecule has 0 radical (unpaired) electrons. The summed E-state index contributed by atoms with van der Waals surface area (Å²) < 4.78 is 5.90. The predicted molar refractivity (Wildman–Crippen MR) is 69.6 cm³/mol. The molecule has 4 fully saturated rings. The fraction of sp³-hybridized carbons (Fsp3) is 1.00. The Bertz CT molecular complexity index is 253. The largest absolute Gasteiger partial charge is 0.379 e. The van der Waals surface area contributed by atoms with Crippen LogP contribution in [0.5, 0.6) is 0 Å². The van der Waals surface area contributed by atoms with Gasteiger partial charge in [-0.05, 0) is 75.5 Å². The molecule has 0 aromatic heterocycles. The third-order valence-electron chi connectivity index (χ3n) is 5.21. The summed E-state index contributed by atoms with van der Waals surface area (Å²) in [4.78, 5) is 0. The minimum Gasteiger partial charge on any atom is -0.379 e. The molecule has 0 atom stereocenters. The third-order valence-corrected chi connectivity index (χ3v) is 5.21. The molecule has 0 amide bonds. The van der Waals surface area contributed by atoms with Crippen molar-refractivity contribution < 1.29 is 4.74 Å². The highest BCUT2D eigenvalue weighted by atomic mass is 16.5. The Balaban J connectivity index is 1.54. The van der Waals surface area contributed by atoms with Gasteiger partial charge in [0.1, 0.15) is 0 Å². The second-order valence-corrected chi connectivity index (χ2v) is 7.60. The fourth-order valence-corrected chi connectivity index (χ4v) is 4.77. The molecule has 2 N–H and O–H groups in total. The summed E-state index contributed by atoms with van der Waals surface area (Å²) in [6.45, 7) is 5.76. The molecule has 4 rings (SSSR count). The zero-order valence-corrected chi connectivity index (χ0v) is 11.3. The first-order valence-corrected chi connectivity index (χ1v) is 7.38. The maximum absolute atomic E-state index is 5.97. The topological polar surface area (TPSA) is 35.2 Å². The smallest absolute Gasteiger partial charge is 0.0640 e. The van der Waals surface area contributed by atoms with E-state index in [-0.39, 0.29) is 5.54 Å². The van der Waals surface area contributed by atoms with Crippen LogP contribution in [-0.2, 0) is 4.74 Å². The molecule has 0 aromatic carbocycles. The van der Waals surface area contributed by atoms with Gasteiger partial charge in [-0.25, -0.2) is 0 Å². The van der Waals surface area contributed by atoms with Crippen LogP contribution in [0.15, 0.2) is 0 Å². The molecule has 0 heterocycles. The summed E-state index contributed by atoms with van der Waals surface area (Å²) in [7, 11) is 0. The van der Waals surface area contributed by atoms with E-state index in [2.05, 4.69) is 0 Å². The number of hydrogen-bond donors (Lipinski definition) is 1. The second-order valence-electron chi connectivity index (χ2n) is 7.60. The van der Waals surface area contributed by atoms with Gasteiger partial charge in [0.25, 0.3) is 0 Å². The van der Waals surface area contributed by atoms with Crippen LogP contribution in [-0.4, -0.2) is 18.8 Å². The highest BCUT2D eigenvalue weighted by Crippen LogP contribution is 2.56. The molecule has 0 spiro atoms. The number of ether oxygens (including phenoxy) is 1. The molecule has 2 nitrogen and oxygen atoms in total. The minimum atomic E-state index is -0.175. The standard InChI is InChI=1S/C15H27NO/c1-15(2,16)9-17-8-14-12-4-10-3-11(6-12)7-13(14)5-10/h10-14H,3-9,16H2,1-2H3. The minimum absolute atomic E-state index is 0.175. The second kappa shape index (κ2) is 4.24. The van der Waals surface area contributed by atoms with Crippen LogP contribution in [0.4, 0.5) is 0 Å². The van der Waals surface area contributed by atoms with E-state index in [1.807, 2.05) is 13.8 Å². The maximum Gasteiger partial charge on any atom is 0.0640 e. The van der Waals surface area contributed by atoms with Gasteiger partial charge in [-0.3, -0.25) is 0 Å². The molecule has 98 valence electrons. The summed E-state index contributed by atoms with van der Waals surface area (Å²) in [6, 6.07) is 0. The van der Waals surface area contributed by atoms with Crippen LogP contribution in [0.25, 0.3) is 0 Å². The van der Waals surface area contributed by atoms with Crippen LogP contribution in [0, 0.1) is 29.6 Å². The molecule has 4 bridgehead atoms. The van der Waals surface area contributed by atoms with Gasteiger partial charge in [0.15, 0.2) is 0 Å². The predicted octanol–water partition coefficient (Wildman–Crippen LogP) is 2.81. The summed E-state index contributed by atoms with van der Waals surface area (Å²) in [5.74, 6) is 4.95. The van der Waals surface area contributed by atoms with Crippen molar-refractivity contribution in [3.05, 3.63) is 0 Å². The summed E-state index contributed by atoms with van der Waals surface area (Å²) in [6.07, 6.45) is 7.51. The first-order chi connectivity index (χ1) is 8.01. The normalized spacial score (nSPS) is 44.3. The Labute approximate surface area is 105 Å². The van der Waals surface area contributed by atoms with E-state index in [4.69, 9.17) is 10.5 Å².